The predicted molar refractivity (Wildman–Crippen MR) is 79.7 cm³/mol. The summed E-state index contributed by atoms with van der Waals surface area (Å²) in [5.74, 6) is 2.08. The largest absolute Gasteiger partial charge is 0.497 e. The third-order valence-electron chi connectivity index (χ3n) is 3.68. The number of piperidine rings is 1. The van der Waals surface area contributed by atoms with Crippen LogP contribution in [0.2, 0.25) is 0 Å². The van der Waals surface area contributed by atoms with E-state index in [9.17, 15) is 4.79 Å². The fraction of sp³-hybridized carbons (Fsp3) is 0.562. The van der Waals surface area contributed by atoms with Gasteiger partial charge in [0.15, 0.2) is 0 Å². The Morgan fingerprint density at radius 3 is 2.62 bits per heavy atom. The van der Waals surface area contributed by atoms with Crippen molar-refractivity contribution in [1.29, 1.82) is 0 Å². The highest BCUT2D eigenvalue weighted by Gasteiger charge is 2.23. The van der Waals surface area contributed by atoms with Crippen molar-refractivity contribution >= 4 is 5.91 Å². The molecule has 0 N–H and O–H groups in total. The number of carbonyl (C=O) groups excluding carboxylic acids is 1. The summed E-state index contributed by atoms with van der Waals surface area (Å²) in [6.07, 6.45) is 2.11. The van der Waals surface area contributed by atoms with Crippen LogP contribution in [0.5, 0.6) is 11.5 Å². The van der Waals surface area contributed by atoms with Crippen LogP contribution < -0.4 is 9.47 Å². The molecule has 116 valence electrons. The maximum Gasteiger partial charge on any atom is 0.248 e. The van der Waals surface area contributed by atoms with Gasteiger partial charge in [-0.25, -0.2) is 0 Å². The molecule has 1 aliphatic heterocycles. The molecule has 0 radical (unpaired) electrons. The lowest BCUT2D eigenvalue weighted by Crippen LogP contribution is -2.43. The van der Waals surface area contributed by atoms with Gasteiger partial charge in [0.05, 0.1) is 13.7 Å². The van der Waals surface area contributed by atoms with Gasteiger partial charge in [-0.15, -0.1) is 0 Å². The molecule has 0 saturated carbocycles. The lowest BCUT2D eigenvalue weighted by atomic mass is 9.99. The Balaban J connectivity index is 1.80. The first-order valence-electron chi connectivity index (χ1n) is 7.26. The van der Waals surface area contributed by atoms with Crippen molar-refractivity contribution in [3.05, 3.63) is 24.3 Å². The van der Waals surface area contributed by atoms with Crippen molar-refractivity contribution in [1.82, 2.24) is 4.90 Å². The number of benzene rings is 1. The zero-order valence-corrected chi connectivity index (χ0v) is 12.7. The molecule has 1 unspecified atom stereocenters. The first kappa shape index (κ1) is 15.6. The van der Waals surface area contributed by atoms with Crippen molar-refractivity contribution in [2.24, 2.45) is 5.92 Å². The van der Waals surface area contributed by atoms with E-state index in [0.29, 0.717) is 12.5 Å². The molecule has 1 amide bonds. The van der Waals surface area contributed by atoms with Crippen molar-refractivity contribution in [3.63, 3.8) is 0 Å². The zero-order valence-electron chi connectivity index (χ0n) is 12.7. The molecule has 0 bridgehead atoms. The number of hydrogen-bond acceptors (Lipinski definition) is 4. The molecule has 1 atom stereocenters. The van der Waals surface area contributed by atoms with E-state index >= 15 is 0 Å². The molecule has 1 aromatic rings. The molecule has 0 spiro atoms. The molecule has 0 aliphatic carbocycles. The minimum absolute atomic E-state index is 0.0617. The number of carbonyl (C=O) groups is 1. The summed E-state index contributed by atoms with van der Waals surface area (Å²) in [7, 11) is 3.19. The standard InChI is InChI=1S/C16H23NO4/c1-19-12-16(18)17-9-3-4-13(10-17)11-21-15-7-5-14(20-2)6-8-15/h5-8,13H,3-4,9-12H2,1-2H3. The predicted octanol–water partition coefficient (Wildman–Crippen LogP) is 1.96. The highest BCUT2D eigenvalue weighted by atomic mass is 16.5. The summed E-state index contributed by atoms with van der Waals surface area (Å²) >= 11 is 0. The van der Waals surface area contributed by atoms with E-state index in [0.717, 1.165) is 37.4 Å². The summed E-state index contributed by atoms with van der Waals surface area (Å²) in [6.45, 7) is 2.36. The highest BCUT2D eigenvalue weighted by molar-refractivity contribution is 5.77. The van der Waals surface area contributed by atoms with Gasteiger partial charge in [0, 0.05) is 26.1 Å². The van der Waals surface area contributed by atoms with E-state index in [1.54, 1.807) is 14.2 Å². The van der Waals surface area contributed by atoms with Gasteiger partial charge in [0.1, 0.15) is 18.1 Å². The molecule has 5 nitrogen and oxygen atoms in total. The van der Waals surface area contributed by atoms with Crippen molar-refractivity contribution in [3.8, 4) is 11.5 Å². The Labute approximate surface area is 125 Å². The van der Waals surface area contributed by atoms with E-state index in [2.05, 4.69) is 0 Å². The molecule has 5 heteroatoms. The average molecular weight is 293 g/mol. The van der Waals surface area contributed by atoms with E-state index in [1.165, 1.54) is 0 Å². The van der Waals surface area contributed by atoms with Gasteiger partial charge in [-0.05, 0) is 37.1 Å². The van der Waals surface area contributed by atoms with E-state index < -0.39 is 0 Å². The van der Waals surface area contributed by atoms with Crippen LogP contribution in [0.15, 0.2) is 24.3 Å². The van der Waals surface area contributed by atoms with Crippen molar-refractivity contribution < 1.29 is 19.0 Å². The monoisotopic (exact) mass is 293 g/mol. The quantitative estimate of drug-likeness (QED) is 0.804. The number of amides is 1. The Morgan fingerprint density at radius 2 is 1.95 bits per heavy atom. The second-order valence-corrected chi connectivity index (χ2v) is 5.27. The van der Waals surface area contributed by atoms with Crippen LogP contribution in [0.4, 0.5) is 0 Å². The van der Waals surface area contributed by atoms with Gasteiger partial charge in [-0.3, -0.25) is 4.79 Å². The van der Waals surface area contributed by atoms with Gasteiger partial charge in [0.2, 0.25) is 5.91 Å². The molecule has 0 aromatic heterocycles. The van der Waals surface area contributed by atoms with Gasteiger partial charge in [-0.1, -0.05) is 0 Å². The van der Waals surface area contributed by atoms with Gasteiger partial charge in [-0.2, -0.15) is 0 Å². The molecule has 1 heterocycles. The molecule has 1 saturated heterocycles. The number of nitrogens with zero attached hydrogens (tertiary/aromatic N) is 1. The average Bonchev–Trinajstić information content (AvgIpc) is 2.54. The Morgan fingerprint density at radius 1 is 1.24 bits per heavy atom. The van der Waals surface area contributed by atoms with Crippen LogP contribution in [0.1, 0.15) is 12.8 Å². The topological polar surface area (TPSA) is 48.0 Å². The lowest BCUT2D eigenvalue weighted by Gasteiger charge is -2.32. The zero-order chi connectivity index (χ0) is 15.1. The van der Waals surface area contributed by atoms with Gasteiger partial charge in [0.25, 0.3) is 0 Å². The third kappa shape index (κ3) is 4.63. The fourth-order valence-electron chi connectivity index (χ4n) is 2.53. The van der Waals surface area contributed by atoms with Gasteiger partial charge >= 0.3 is 0 Å². The molecular formula is C16H23NO4. The van der Waals surface area contributed by atoms with Crippen LogP contribution in [0, 0.1) is 5.92 Å². The first-order valence-corrected chi connectivity index (χ1v) is 7.26. The minimum Gasteiger partial charge on any atom is -0.497 e. The second-order valence-electron chi connectivity index (χ2n) is 5.27. The molecule has 21 heavy (non-hydrogen) atoms. The van der Waals surface area contributed by atoms with Gasteiger partial charge < -0.3 is 19.1 Å². The maximum atomic E-state index is 11.8. The number of hydrogen-bond donors (Lipinski definition) is 0. The van der Waals surface area contributed by atoms with Crippen LogP contribution in [-0.4, -0.2) is 51.3 Å². The summed E-state index contributed by atoms with van der Waals surface area (Å²) in [4.78, 5) is 13.7. The summed E-state index contributed by atoms with van der Waals surface area (Å²) in [6, 6.07) is 7.56. The van der Waals surface area contributed by atoms with Crippen LogP contribution in [-0.2, 0) is 9.53 Å². The normalized spacial score (nSPS) is 18.4. The highest BCUT2D eigenvalue weighted by Crippen LogP contribution is 2.21. The maximum absolute atomic E-state index is 11.8. The van der Waals surface area contributed by atoms with E-state index in [1.807, 2.05) is 29.2 Å². The van der Waals surface area contributed by atoms with E-state index in [4.69, 9.17) is 14.2 Å². The number of methoxy groups -OCH3 is 2. The van der Waals surface area contributed by atoms with Crippen molar-refractivity contribution in [2.45, 2.75) is 12.8 Å². The summed E-state index contributed by atoms with van der Waals surface area (Å²) < 4.78 is 15.8. The van der Waals surface area contributed by atoms with Crippen LogP contribution in [0.25, 0.3) is 0 Å². The Kier molecular flexibility index (Phi) is 5.87. The number of ether oxygens (including phenoxy) is 3. The molecular weight excluding hydrogens is 270 g/mol. The lowest BCUT2D eigenvalue weighted by molar-refractivity contribution is -0.137. The van der Waals surface area contributed by atoms with Crippen LogP contribution >= 0.6 is 0 Å². The number of likely N-dealkylation sites (tertiary alicyclic amines) is 1. The smallest absolute Gasteiger partial charge is 0.248 e. The summed E-state index contributed by atoms with van der Waals surface area (Å²) in [5.41, 5.74) is 0. The molecule has 2 rings (SSSR count). The fourth-order valence-corrected chi connectivity index (χ4v) is 2.53. The van der Waals surface area contributed by atoms with Crippen molar-refractivity contribution in [2.75, 3.05) is 40.5 Å². The number of rotatable bonds is 6. The minimum atomic E-state index is 0.0617. The molecule has 1 aromatic carbocycles. The molecule has 1 aliphatic rings. The van der Waals surface area contributed by atoms with Crippen LogP contribution in [0.3, 0.4) is 0 Å². The Bertz CT molecular complexity index is 446. The molecule has 1 fully saturated rings. The first-order chi connectivity index (χ1) is 10.2. The SMILES string of the molecule is COCC(=O)N1CCCC(COc2ccc(OC)cc2)C1. The van der Waals surface area contributed by atoms with E-state index in [-0.39, 0.29) is 12.5 Å². The second kappa shape index (κ2) is 7.88. The third-order valence-corrected chi connectivity index (χ3v) is 3.68. The summed E-state index contributed by atoms with van der Waals surface area (Å²) in [5, 5.41) is 0. The Hall–Kier alpha value is -1.75.